The van der Waals surface area contributed by atoms with Crippen LogP contribution in [0.25, 0.3) is 0 Å². The van der Waals surface area contributed by atoms with Crippen molar-refractivity contribution in [3.63, 3.8) is 0 Å². The maximum Gasteiger partial charge on any atom is 0.242 e. The molecule has 1 aromatic rings. The topological polar surface area (TPSA) is 75.7 Å². The van der Waals surface area contributed by atoms with Gasteiger partial charge >= 0.3 is 0 Å². The van der Waals surface area contributed by atoms with E-state index in [4.69, 9.17) is 4.74 Å². The summed E-state index contributed by atoms with van der Waals surface area (Å²) in [5, 5.41) is 2.86. The van der Waals surface area contributed by atoms with Crippen molar-refractivity contribution in [3.8, 4) is 5.75 Å². The third-order valence-electron chi connectivity index (χ3n) is 5.45. The Bertz CT molecular complexity index is 773. The Hall–Kier alpha value is -2.37. The quantitative estimate of drug-likeness (QED) is 0.885. The highest BCUT2D eigenvalue weighted by Gasteiger charge is 2.44. The summed E-state index contributed by atoms with van der Waals surface area (Å²) in [6, 6.07) is 5.11. The van der Waals surface area contributed by atoms with Gasteiger partial charge in [0, 0.05) is 25.4 Å². The lowest BCUT2D eigenvalue weighted by molar-refractivity contribution is -0.139. The molecule has 2 aliphatic heterocycles. The van der Waals surface area contributed by atoms with Crippen LogP contribution < -0.4 is 10.1 Å². The minimum Gasteiger partial charge on any atom is -0.486 e. The van der Waals surface area contributed by atoms with Gasteiger partial charge in [-0.25, -0.2) is 0 Å². The highest BCUT2D eigenvalue weighted by molar-refractivity contribution is 6.00. The maximum absolute atomic E-state index is 12.7. The number of Topliss-reactive ketones (excluding diaryl/α,β-unsaturated/α-hetero) is 1. The van der Waals surface area contributed by atoms with Gasteiger partial charge in [0.2, 0.25) is 11.8 Å². The predicted molar refractivity (Wildman–Crippen MR) is 102 cm³/mol. The Morgan fingerprint density at radius 1 is 1.22 bits per heavy atom. The van der Waals surface area contributed by atoms with Crippen molar-refractivity contribution in [3.05, 3.63) is 29.3 Å². The van der Waals surface area contributed by atoms with Gasteiger partial charge in [0.25, 0.3) is 0 Å². The second-order valence-corrected chi connectivity index (χ2v) is 8.06. The number of likely N-dealkylation sites (tertiary alicyclic amines) is 1. The predicted octanol–water partition coefficient (Wildman–Crippen LogP) is 2.62. The number of hydrogen-bond acceptors (Lipinski definition) is 4. The van der Waals surface area contributed by atoms with Crippen LogP contribution in [0.3, 0.4) is 0 Å². The van der Waals surface area contributed by atoms with Crippen LogP contribution >= 0.6 is 0 Å². The van der Waals surface area contributed by atoms with Gasteiger partial charge in [-0.2, -0.15) is 0 Å². The van der Waals surface area contributed by atoms with E-state index in [2.05, 4.69) is 5.32 Å². The summed E-state index contributed by atoms with van der Waals surface area (Å²) in [5.74, 6) is 0.439. The number of ether oxygens (including phenoxy) is 1. The zero-order valence-electron chi connectivity index (χ0n) is 16.5. The first-order valence-electron chi connectivity index (χ1n) is 9.63. The molecule has 2 heterocycles. The van der Waals surface area contributed by atoms with Crippen LogP contribution in [0.15, 0.2) is 18.2 Å². The van der Waals surface area contributed by atoms with Crippen LogP contribution in [-0.4, -0.2) is 46.7 Å². The van der Waals surface area contributed by atoms with Gasteiger partial charge in [0.05, 0.1) is 12.0 Å². The molecule has 6 heteroatoms. The van der Waals surface area contributed by atoms with Crippen molar-refractivity contribution in [2.24, 2.45) is 0 Å². The zero-order chi connectivity index (χ0) is 19.8. The summed E-state index contributed by atoms with van der Waals surface area (Å²) in [4.78, 5) is 39.3. The number of carbonyl (C=O) groups excluding carboxylic acids is 3. The van der Waals surface area contributed by atoms with E-state index in [9.17, 15) is 14.4 Å². The first kappa shape index (κ1) is 19.4. The lowest BCUT2D eigenvalue weighted by Gasteiger charge is -2.37. The van der Waals surface area contributed by atoms with Gasteiger partial charge in [-0.05, 0) is 46.2 Å². The number of rotatable bonds is 3. The van der Waals surface area contributed by atoms with Crippen molar-refractivity contribution < 1.29 is 19.1 Å². The van der Waals surface area contributed by atoms with Gasteiger partial charge in [-0.3, -0.25) is 14.4 Å². The minimum absolute atomic E-state index is 0.0210. The molecule has 0 bridgehead atoms. The van der Waals surface area contributed by atoms with Crippen molar-refractivity contribution in [2.45, 2.75) is 71.1 Å². The smallest absolute Gasteiger partial charge is 0.242 e. The molecule has 0 radical (unpaired) electrons. The molecule has 6 nitrogen and oxygen atoms in total. The molecular weight excluding hydrogens is 344 g/mol. The number of aryl methyl sites for hydroxylation is 1. The van der Waals surface area contributed by atoms with E-state index in [0.717, 1.165) is 5.56 Å². The second-order valence-electron chi connectivity index (χ2n) is 8.06. The molecule has 0 aromatic heterocycles. The third kappa shape index (κ3) is 3.99. The number of amides is 2. The largest absolute Gasteiger partial charge is 0.486 e. The number of fused-ring (bicyclic) bond motifs is 1. The molecule has 2 aliphatic rings. The van der Waals surface area contributed by atoms with Gasteiger partial charge < -0.3 is 15.0 Å². The summed E-state index contributed by atoms with van der Waals surface area (Å²) >= 11 is 0. The van der Waals surface area contributed by atoms with E-state index in [-0.39, 0.29) is 36.5 Å². The number of ketones is 1. The van der Waals surface area contributed by atoms with E-state index < -0.39 is 11.6 Å². The minimum atomic E-state index is -0.669. The zero-order valence-corrected chi connectivity index (χ0v) is 16.5. The SMILES string of the molecule is Cc1ccc2c(c1)C(=O)C[C@@]1(CCC(=O)N([C@H](C)C(=O)NC(C)C)CC1)O2. The molecule has 0 saturated carbocycles. The molecule has 1 fully saturated rings. The molecule has 2 atom stereocenters. The Kier molecular flexibility index (Phi) is 5.27. The van der Waals surface area contributed by atoms with Gasteiger partial charge in [0.15, 0.2) is 5.78 Å². The molecule has 3 rings (SSSR count). The first-order chi connectivity index (χ1) is 12.7. The molecule has 1 N–H and O–H groups in total. The van der Waals surface area contributed by atoms with E-state index in [1.807, 2.05) is 39.0 Å². The summed E-state index contributed by atoms with van der Waals surface area (Å²) in [7, 11) is 0. The molecule has 1 saturated heterocycles. The van der Waals surface area contributed by atoms with Crippen LogP contribution in [0.4, 0.5) is 0 Å². The number of nitrogens with zero attached hydrogens (tertiary/aromatic N) is 1. The molecule has 2 amide bonds. The second kappa shape index (κ2) is 7.33. The van der Waals surface area contributed by atoms with Crippen molar-refractivity contribution in [1.29, 1.82) is 0 Å². The van der Waals surface area contributed by atoms with Crippen LogP contribution in [0.1, 0.15) is 62.4 Å². The number of hydrogen-bond donors (Lipinski definition) is 1. The van der Waals surface area contributed by atoms with Gasteiger partial charge in [0.1, 0.15) is 17.4 Å². The highest BCUT2D eigenvalue weighted by atomic mass is 16.5. The Labute approximate surface area is 160 Å². The van der Waals surface area contributed by atoms with Gasteiger partial charge in [-0.15, -0.1) is 0 Å². The summed E-state index contributed by atoms with van der Waals surface area (Å²) in [6.45, 7) is 7.89. The van der Waals surface area contributed by atoms with Crippen molar-refractivity contribution >= 4 is 17.6 Å². The van der Waals surface area contributed by atoms with Crippen LogP contribution in [0, 0.1) is 6.92 Å². The Morgan fingerprint density at radius 3 is 2.67 bits per heavy atom. The summed E-state index contributed by atoms with van der Waals surface area (Å²) in [5.41, 5.74) is 0.976. The average molecular weight is 372 g/mol. The van der Waals surface area contributed by atoms with E-state index in [1.54, 1.807) is 11.8 Å². The fourth-order valence-electron chi connectivity index (χ4n) is 3.90. The number of carbonyl (C=O) groups is 3. The fourth-order valence-corrected chi connectivity index (χ4v) is 3.90. The van der Waals surface area contributed by atoms with Gasteiger partial charge in [-0.1, -0.05) is 11.6 Å². The standard InChI is InChI=1S/C21H28N2O4/c1-13(2)22-20(26)15(4)23-10-9-21(8-7-19(23)25)12-17(24)16-11-14(3)5-6-18(16)27-21/h5-6,11,13,15H,7-10,12H2,1-4H3,(H,22,26)/t15-,21+/m1/s1. The maximum atomic E-state index is 12.7. The first-order valence-corrected chi connectivity index (χ1v) is 9.63. The van der Waals surface area contributed by atoms with Crippen LogP contribution in [0.2, 0.25) is 0 Å². The molecule has 146 valence electrons. The fraction of sp³-hybridized carbons (Fsp3) is 0.571. The number of benzene rings is 1. The summed E-state index contributed by atoms with van der Waals surface area (Å²) < 4.78 is 6.27. The Morgan fingerprint density at radius 2 is 1.96 bits per heavy atom. The van der Waals surface area contributed by atoms with Crippen LogP contribution in [0.5, 0.6) is 5.75 Å². The van der Waals surface area contributed by atoms with E-state index in [0.29, 0.717) is 30.7 Å². The molecule has 0 unspecified atom stereocenters. The summed E-state index contributed by atoms with van der Waals surface area (Å²) in [6.07, 6.45) is 1.57. The van der Waals surface area contributed by atoms with Crippen molar-refractivity contribution in [2.75, 3.05) is 6.54 Å². The van der Waals surface area contributed by atoms with E-state index >= 15 is 0 Å². The lowest BCUT2D eigenvalue weighted by atomic mass is 9.84. The monoisotopic (exact) mass is 372 g/mol. The average Bonchev–Trinajstić information content (AvgIpc) is 2.74. The lowest BCUT2D eigenvalue weighted by Crippen LogP contribution is -2.50. The molecule has 1 aromatic carbocycles. The molecule has 27 heavy (non-hydrogen) atoms. The number of nitrogens with one attached hydrogen (secondary N) is 1. The highest BCUT2D eigenvalue weighted by Crippen LogP contribution is 2.40. The van der Waals surface area contributed by atoms with Crippen molar-refractivity contribution in [1.82, 2.24) is 10.2 Å². The van der Waals surface area contributed by atoms with Crippen LogP contribution in [-0.2, 0) is 9.59 Å². The van der Waals surface area contributed by atoms with E-state index in [1.165, 1.54) is 0 Å². The Balaban J connectivity index is 1.78. The normalized spacial score (nSPS) is 23.7. The molecule has 0 aliphatic carbocycles. The third-order valence-corrected chi connectivity index (χ3v) is 5.45. The molecular formula is C21H28N2O4. The molecule has 1 spiro atoms.